The van der Waals surface area contributed by atoms with E-state index in [4.69, 9.17) is 10.5 Å². The van der Waals surface area contributed by atoms with Gasteiger partial charge in [0.15, 0.2) is 0 Å². The third-order valence-electron chi connectivity index (χ3n) is 3.89. The molecule has 0 aromatic heterocycles. The number of ether oxygens (including phenoxy) is 1. The van der Waals surface area contributed by atoms with Gasteiger partial charge in [-0.05, 0) is 36.2 Å². The van der Waals surface area contributed by atoms with E-state index in [0.717, 1.165) is 18.6 Å². The largest absolute Gasteiger partial charge is 0.490 e. The van der Waals surface area contributed by atoms with Crippen molar-refractivity contribution in [2.45, 2.75) is 24.9 Å². The maximum Gasteiger partial charge on any atom is 0.126 e. The van der Waals surface area contributed by atoms with Crippen LogP contribution in [0, 0.1) is 5.82 Å². The van der Waals surface area contributed by atoms with Crippen molar-refractivity contribution in [1.82, 2.24) is 0 Å². The summed E-state index contributed by atoms with van der Waals surface area (Å²) in [5.41, 5.74) is 7.75. The second kappa shape index (κ2) is 5.63. The molecule has 2 unspecified atom stereocenters. The van der Waals surface area contributed by atoms with Crippen LogP contribution in [0.3, 0.4) is 0 Å². The smallest absolute Gasteiger partial charge is 0.126 e. The molecule has 0 saturated heterocycles. The van der Waals surface area contributed by atoms with E-state index in [2.05, 4.69) is 6.07 Å². The monoisotopic (exact) mass is 271 g/mol. The van der Waals surface area contributed by atoms with E-state index in [1.54, 1.807) is 6.07 Å². The summed E-state index contributed by atoms with van der Waals surface area (Å²) >= 11 is 0. The standard InChI is InChI=1S/C17H18FNO/c18-16-7-3-2-6-15(16)13(11-19)10-14-9-12-5-1-4-8-17(12)20-14/h1-8,13-14H,9-11,19H2. The Balaban J connectivity index is 1.73. The van der Waals surface area contributed by atoms with E-state index in [-0.39, 0.29) is 17.8 Å². The minimum atomic E-state index is -0.182. The second-order valence-corrected chi connectivity index (χ2v) is 5.24. The first-order valence-corrected chi connectivity index (χ1v) is 6.97. The molecule has 0 spiro atoms. The van der Waals surface area contributed by atoms with Gasteiger partial charge in [-0.15, -0.1) is 0 Å². The first kappa shape index (κ1) is 13.1. The Morgan fingerprint density at radius 3 is 2.65 bits per heavy atom. The number of halogens is 1. The van der Waals surface area contributed by atoms with Gasteiger partial charge in [0, 0.05) is 12.3 Å². The van der Waals surface area contributed by atoms with E-state index < -0.39 is 0 Å². The predicted octanol–water partition coefficient (Wildman–Crippen LogP) is 3.26. The Bertz CT molecular complexity index is 574. The minimum absolute atomic E-state index is 0.00416. The zero-order chi connectivity index (χ0) is 13.9. The highest BCUT2D eigenvalue weighted by atomic mass is 19.1. The first-order chi connectivity index (χ1) is 9.78. The van der Waals surface area contributed by atoms with Crippen LogP contribution in [0.25, 0.3) is 0 Å². The third-order valence-corrected chi connectivity index (χ3v) is 3.89. The van der Waals surface area contributed by atoms with Crippen molar-refractivity contribution in [3.8, 4) is 5.75 Å². The molecule has 0 saturated carbocycles. The maximum absolute atomic E-state index is 13.9. The Morgan fingerprint density at radius 1 is 1.15 bits per heavy atom. The van der Waals surface area contributed by atoms with Crippen LogP contribution in [0.15, 0.2) is 48.5 Å². The van der Waals surface area contributed by atoms with Crippen LogP contribution in [0.4, 0.5) is 4.39 Å². The molecule has 20 heavy (non-hydrogen) atoms. The fraction of sp³-hybridized carbons (Fsp3) is 0.294. The molecule has 0 radical (unpaired) electrons. The van der Waals surface area contributed by atoms with Gasteiger partial charge in [0.1, 0.15) is 17.7 Å². The number of rotatable bonds is 4. The quantitative estimate of drug-likeness (QED) is 0.926. The molecule has 0 bridgehead atoms. The zero-order valence-corrected chi connectivity index (χ0v) is 11.3. The van der Waals surface area contributed by atoms with Gasteiger partial charge >= 0.3 is 0 Å². The predicted molar refractivity (Wildman–Crippen MR) is 77.4 cm³/mol. The van der Waals surface area contributed by atoms with Gasteiger partial charge in [-0.3, -0.25) is 0 Å². The van der Waals surface area contributed by atoms with Gasteiger partial charge in [-0.2, -0.15) is 0 Å². The number of nitrogens with two attached hydrogens (primary N) is 1. The number of para-hydroxylation sites is 1. The van der Waals surface area contributed by atoms with Crippen LogP contribution in [0.5, 0.6) is 5.75 Å². The van der Waals surface area contributed by atoms with Crippen LogP contribution >= 0.6 is 0 Å². The van der Waals surface area contributed by atoms with E-state index >= 15 is 0 Å². The molecule has 1 aliphatic heterocycles. The average molecular weight is 271 g/mol. The second-order valence-electron chi connectivity index (χ2n) is 5.24. The topological polar surface area (TPSA) is 35.2 Å². The summed E-state index contributed by atoms with van der Waals surface area (Å²) in [7, 11) is 0. The van der Waals surface area contributed by atoms with Gasteiger partial charge in [-0.25, -0.2) is 4.39 Å². The van der Waals surface area contributed by atoms with Crippen molar-refractivity contribution in [3.05, 3.63) is 65.5 Å². The maximum atomic E-state index is 13.9. The fourth-order valence-electron chi connectivity index (χ4n) is 2.86. The molecular weight excluding hydrogens is 253 g/mol. The van der Waals surface area contributed by atoms with Crippen molar-refractivity contribution in [2.75, 3.05) is 6.54 Å². The third kappa shape index (κ3) is 2.54. The summed E-state index contributed by atoms with van der Waals surface area (Å²) in [5, 5.41) is 0. The molecule has 2 aromatic carbocycles. The molecular formula is C17H18FNO. The normalized spacial score (nSPS) is 18.4. The summed E-state index contributed by atoms with van der Waals surface area (Å²) in [6.45, 7) is 0.428. The van der Waals surface area contributed by atoms with Crippen molar-refractivity contribution in [3.63, 3.8) is 0 Å². The van der Waals surface area contributed by atoms with Crippen LogP contribution in [-0.2, 0) is 6.42 Å². The van der Waals surface area contributed by atoms with Crippen molar-refractivity contribution in [1.29, 1.82) is 0 Å². The van der Waals surface area contributed by atoms with Crippen molar-refractivity contribution >= 4 is 0 Å². The first-order valence-electron chi connectivity index (χ1n) is 6.97. The summed E-state index contributed by atoms with van der Waals surface area (Å²) in [6.07, 6.45) is 1.70. The highest BCUT2D eigenvalue weighted by Crippen LogP contribution is 2.33. The van der Waals surface area contributed by atoms with Crippen LogP contribution in [-0.4, -0.2) is 12.6 Å². The molecule has 1 heterocycles. The van der Waals surface area contributed by atoms with Gasteiger partial charge in [-0.1, -0.05) is 36.4 Å². The fourth-order valence-corrected chi connectivity index (χ4v) is 2.86. The van der Waals surface area contributed by atoms with Crippen molar-refractivity contribution in [2.24, 2.45) is 5.73 Å². The molecule has 0 amide bonds. The summed E-state index contributed by atoms with van der Waals surface area (Å²) in [6, 6.07) is 14.9. The van der Waals surface area contributed by atoms with Crippen LogP contribution in [0.1, 0.15) is 23.5 Å². The Hall–Kier alpha value is -1.87. The van der Waals surface area contributed by atoms with Crippen LogP contribution in [0.2, 0.25) is 0 Å². The molecule has 2 nitrogen and oxygen atoms in total. The molecule has 104 valence electrons. The lowest BCUT2D eigenvalue weighted by Crippen LogP contribution is -2.23. The van der Waals surface area contributed by atoms with Crippen LogP contribution < -0.4 is 10.5 Å². The van der Waals surface area contributed by atoms with Gasteiger partial charge in [0.25, 0.3) is 0 Å². The van der Waals surface area contributed by atoms with E-state index in [1.807, 2.05) is 30.3 Å². The summed E-state index contributed by atoms with van der Waals surface area (Å²) in [4.78, 5) is 0. The summed E-state index contributed by atoms with van der Waals surface area (Å²) in [5.74, 6) is 0.760. The lowest BCUT2D eigenvalue weighted by Gasteiger charge is -2.20. The Kier molecular flexibility index (Phi) is 3.70. The highest BCUT2D eigenvalue weighted by molar-refractivity contribution is 5.37. The number of hydrogen-bond acceptors (Lipinski definition) is 2. The zero-order valence-electron chi connectivity index (χ0n) is 11.3. The summed E-state index contributed by atoms with van der Waals surface area (Å²) < 4.78 is 19.8. The Labute approximate surface area is 118 Å². The van der Waals surface area contributed by atoms with Gasteiger partial charge < -0.3 is 10.5 Å². The van der Waals surface area contributed by atoms with Crippen molar-refractivity contribution < 1.29 is 9.13 Å². The van der Waals surface area contributed by atoms with Gasteiger partial charge in [0.05, 0.1) is 0 Å². The lowest BCUT2D eigenvalue weighted by molar-refractivity contribution is 0.209. The lowest BCUT2D eigenvalue weighted by atomic mass is 9.91. The molecule has 2 atom stereocenters. The minimum Gasteiger partial charge on any atom is -0.490 e. The number of fused-ring (bicyclic) bond motifs is 1. The van der Waals surface area contributed by atoms with E-state index in [0.29, 0.717) is 12.1 Å². The molecule has 2 N–H and O–H groups in total. The SMILES string of the molecule is NCC(CC1Cc2ccccc2O1)c1ccccc1F. The number of benzene rings is 2. The molecule has 1 aliphatic rings. The molecule has 0 fully saturated rings. The van der Waals surface area contributed by atoms with E-state index in [9.17, 15) is 4.39 Å². The molecule has 0 aliphatic carbocycles. The molecule has 2 aromatic rings. The number of hydrogen-bond donors (Lipinski definition) is 1. The molecule has 3 rings (SSSR count). The van der Waals surface area contributed by atoms with E-state index in [1.165, 1.54) is 11.6 Å². The highest BCUT2D eigenvalue weighted by Gasteiger charge is 2.26. The average Bonchev–Trinajstić information content (AvgIpc) is 2.88. The molecule has 3 heteroatoms. The Morgan fingerprint density at radius 2 is 1.90 bits per heavy atom. The van der Waals surface area contributed by atoms with Gasteiger partial charge in [0.2, 0.25) is 0 Å².